The van der Waals surface area contributed by atoms with Gasteiger partial charge in [-0.05, 0) is 42.8 Å². The van der Waals surface area contributed by atoms with Crippen LogP contribution in [0.4, 0.5) is 5.69 Å². The number of para-hydroxylation sites is 3. The Morgan fingerprint density at radius 2 is 1.54 bits per heavy atom. The summed E-state index contributed by atoms with van der Waals surface area (Å²) in [6.45, 7) is 5.57. The van der Waals surface area contributed by atoms with E-state index >= 15 is 0 Å². The molecule has 0 spiro atoms. The topological polar surface area (TPSA) is 50.6 Å². The van der Waals surface area contributed by atoms with E-state index in [1.165, 1.54) is 0 Å². The van der Waals surface area contributed by atoms with Crippen LogP contribution in [0.15, 0.2) is 83.7 Å². The number of rotatable bonds is 8. The lowest BCUT2D eigenvalue weighted by Crippen LogP contribution is -2.47. The molecular weight excluding hydrogens is 436 g/mol. The van der Waals surface area contributed by atoms with Crippen LogP contribution in [-0.2, 0) is 13.0 Å². The van der Waals surface area contributed by atoms with Gasteiger partial charge in [-0.3, -0.25) is 14.3 Å². The van der Waals surface area contributed by atoms with E-state index < -0.39 is 0 Å². The van der Waals surface area contributed by atoms with Crippen molar-refractivity contribution >= 4 is 16.6 Å². The monoisotopic (exact) mass is 468 g/mol. The molecule has 1 aromatic heterocycles. The standard InChI is InChI=1S/C29H32N4O2/c1-35-27-15-8-7-14-26(27)32-20-18-31(19-21-32)16-9-17-33-28(22-23-10-3-2-4-11-23)30-25-13-6-5-12-24(25)29(33)34/h2-8,10-15H,9,16-22H2,1H3. The Labute approximate surface area is 206 Å². The van der Waals surface area contributed by atoms with E-state index in [2.05, 4.69) is 34.1 Å². The normalized spacial score (nSPS) is 14.4. The summed E-state index contributed by atoms with van der Waals surface area (Å²) in [5.41, 5.74) is 3.15. The van der Waals surface area contributed by atoms with Gasteiger partial charge in [-0.2, -0.15) is 0 Å². The van der Waals surface area contributed by atoms with Crippen molar-refractivity contribution in [2.45, 2.75) is 19.4 Å². The lowest BCUT2D eigenvalue weighted by atomic mass is 10.1. The molecule has 0 aliphatic carbocycles. The predicted octanol–water partition coefficient (Wildman–Crippen LogP) is 4.21. The smallest absolute Gasteiger partial charge is 0.261 e. The fourth-order valence-corrected chi connectivity index (χ4v) is 4.91. The Morgan fingerprint density at radius 1 is 0.829 bits per heavy atom. The minimum absolute atomic E-state index is 0.0579. The summed E-state index contributed by atoms with van der Waals surface area (Å²) in [6, 6.07) is 26.1. The van der Waals surface area contributed by atoms with Gasteiger partial charge in [0, 0.05) is 39.1 Å². The van der Waals surface area contributed by atoms with Crippen molar-refractivity contribution in [2.24, 2.45) is 0 Å². The van der Waals surface area contributed by atoms with E-state index in [-0.39, 0.29) is 5.56 Å². The summed E-state index contributed by atoms with van der Waals surface area (Å²) in [5, 5.41) is 0.690. The van der Waals surface area contributed by atoms with Crippen molar-refractivity contribution in [1.29, 1.82) is 0 Å². The van der Waals surface area contributed by atoms with Gasteiger partial charge in [-0.25, -0.2) is 4.98 Å². The molecule has 0 saturated carbocycles. The SMILES string of the molecule is COc1ccccc1N1CCN(CCCn2c(Cc3ccccc3)nc3ccccc3c2=O)CC1. The maximum absolute atomic E-state index is 13.4. The summed E-state index contributed by atoms with van der Waals surface area (Å²) in [6.07, 6.45) is 1.56. The zero-order chi connectivity index (χ0) is 24.0. The average molecular weight is 469 g/mol. The fourth-order valence-electron chi connectivity index (χ4n) is 4.91. The van der Waals surface area contributed by atoms with E-state index in [1.54, 1.807) is 7.11 Å². The third-order valence-corrected chi connectivity index (χ3v) is 6.80. The summed E-state index contributed by atoms with van der Waals surface area (Å²) < 4.78 is 7.43. The largest absolute Gasteiger partial charge is 0.495 e. The molecule has 0 atom stereocenters. The highest BCUT2D eigenvalue weighted by atomic mass is 16.5. The van der Waals surface area contributed by atoms with Crippen molar-refractivity contribution in [3.8, 4) is 5.75 Å². The first-order chi connectivity index (χ1) is 17.2. The second kappa shape index (κ2) is 10.7. The second-order valence-corrected chi connectivity index (χ2v) is 9.02. The van der Waals surface area contributed by atoms with Gasteiger partial charge in [0.2, 0.25) is 0 Å². The van der Waals surface area contributed by atoms with Gasteiger partial charge in [0.15, 0.2) is 0 Å². The molecule has 0 radical (unpaired) electrons. The first-order valence-electron chi connectivity index (χ1n) is 12.4. The van der Waals surface area contributed by atoms with Crippen LogP contribution < -0.4 is 15.2 Å². The fraction of sp³-hybridized carbons (Fsp3) is 0.310. The molecule has 35 heavy (non-hydrogen) atoms. The third kappa shape index (κ3) is 5.23. The molecule has 0 unspecified atom stereocenters. The molecule has 1 saturated heterocycles. The minimum Gasteiger partial charge on any atom is -0.495 e. The molecule has 1 aliphatic rings. The molecular formula is C29H32N4O2. The lowest BCUT2D eigenvalue weighted by Gasteiger charge is -2.36. The quantitative estimate of drug-likeness (QED) is 0.388. The van der Waals surface area contributed by atoms with Gasteiger partial charge in [0.1, 0.15) is 11.6 Å². The summed E-state index contributed by atoms with van der Waals surface area (Å²) in [4.78, 5) is 23.1. The van der Waals surface area contributed by atoms with E-state index in [4.69, 9.17) is 9.72 Å². The van der Waals surface area contributed by atoms with Gasteiger partial charge in [0.05, 0.1) is 23.7 Å². The first-order valence-corrected chi connectivity index (χ1v) is 12.4. The number of fused-ring (bicyclic) bond motifs is 1. The number of nitrogens with zero attached hydrogens (tertiary/aromatic N) is 4. The number of methoxy groups -OCH3 is 1. The summed E-state index contributed by atoms with van der Waals surface area (Å²) in [5.74, 6) is 1.76. The van der Waals surface area contributed by atoms with Crippen LogP contribution in [0.1, 0.15) is 17.8 Å². The molecule has 6 heteroatoms. The highest BCUT2D eigenvalue weighted by Crippen LogP contribution is 2.28. The Hall–Kier alpha value is -3.64. The predicted molar refractivity (Wildman–Crippen MR) is 142 cm³/mol. The Morgan fingerprint density at radius 3 is 2.34 bits per heavy atom. The van der Waals surface area contributed by atoms with Crippen molar-refractivity contribution in [3.63, 3.8) is 0 Å². The molecule has 180 valence electrons. The van der Waals surface area contributed by atoms with E-state index in [1.807, 2.05) is 59.2 Å². The highest BCUT2D eigenvalue weighted by Gasteiger charge is 2.19. The van der Waals surface area contributed by atoms with Crippen LogP contribution in [0.5, 0.6) is 5.75 Å². The van der Waals surface area contributed by atoms with Crippen LogP contribution in [0.3, 0.4) is 0 Å². The number of anilines is 1. The number of benzene rings is 3. The van der Waals surface area contributed by atoms with Crippen molar-refractivity contribution in [3.05, 3.63) is 101 Å². The van der Waals surface area contributed by atoms with Crippen molar-refractivity contribution in [2.75, 3.05) is 44.7 Å². The molecule has 1 aliphatic heterocycles. The average Bonchev–Trinajstić information content (AvgIpc) is 2.91. The van der Waals surface area contributed by atoms with Crippen LogP contribution >= 0.6 is 0 Å². The Balaban J connectivity index is 1.26. The zero-order valence-corrected chi connectivity index (χ0v) is 20.3. The number of hydrogen-bond acceptors (Lipinski definition) is 5. The molecule has 0 bridgehead atoms. The van der Waals surface area contributed by atoms with E-state index in [0.717, 1.165) is 67.5 Å². The number of hydrogen-bond donors (Lipinski definition) is 0. The Kier molecular flexibility index (Phi) is 7.09. The summed E-state index contributed by atoms with van der Waals surface area (Å²) >= 11 is 0. The molecule has 4 aromatic rings. The molecule has 3 aromatic carbocycles. The van der Waals surface area contributed by atoms with Crippen LogP contribution in [-0.4, -0.2) is 54.3 Å². The third-order valence-electron chi connectivity index (χ3n) is 6.80. The van der Waals surface area contributed by atoms with Crippen LogP contribution in [0.25, 0.3) is 10.9 Å². The maximum atomic E-state index is 13.4. The Bertz CT molecular complexity index is 1330. The van der Waals surface area contributed by atoms with Crippen LogP contribution in [0.2, 0.25) is 0 Å². The zero-order valence-electron chi connectivity index (χ0n) is 20.3. The van der Waals surface area contributed by atoms with Crippen molar-refractivity contribution < 1.29 is 4.74 Å². The van der Waals surface area contributed by atoms with Gasteiger partial charge in [-0.1, -0.05) is 54.6 Å². The lowest BCUT2D eigenvalue weighted by molar-refractivity contribution is 0.249. The van der Waals surface area contributed by atoms with Gasteiger partial charge in [0.25, 0.3) is 5.56 Å². The minimum atomic E-state index is 0.0579. The number of aromatic nitrogens is 2. The molecule has 0 amide bonds. The highest BCUT2D eigenvalue weighted by molar-refractivity contribution is 5.77. The van der Waals surface area contributed by atoms with Gasteiger partial charge in [-0.15, -0.1) is 0 Å². The second-order valence-electron chi connectivity index (χ2n) is 9.02. The van der Waals surface area contributed by atoms with E-state index in [0.29, 0.717) is 18.4 Å². The van der Waals surface area contributed by atoms with E-state index in [9.17, 15) is 4.79 Å². The summed E-state index contributed by atoms with van der Waals surface area (Å²) in [7, 11) is 1.73. The first kappa shape index (κ1) is 23.1. The molecule has 5 rings (SSSR count). The molecule has 1 fully saturated rings. The molecule has 6 nitrogen and oxygen atoms in total. The van der Waals surface area contributed by atoms with Crippen LogP contribution in [0, 0.1) is 0 Å². The number of ether oxygens (including phenoxy) is 1. The van der Waals surface area contributed by atoms with Gasteiger partial charge >= 0.3 is 0 Å². The molecule has 2 heterocycles. The molecule has 0 N–H and O–H groups in total. The number of piperazine rings is 1. The van der Waals surface area contributed by atoms with Crippen molar-refractivity contribution in [1.82, 2.24) is 14.5 Å². The van der Waals surface area contributed by atoms with Gasteiger partial charge < -0.3 is 9.64 Å². The maximum Gasteiger partial charge on any atom is 0.261 e.